The molecule has 0 aliphatic carbocycles. The highest BCUT2D eigenvalue weighted by molar-refractivity contribution is 5.72. The molecule has 2 heterocycles. The van der Waals surface area contributed by atoms with Crippen LogP contribution in [-0.2, 0) is 9.53 Å². The van der Waals surface area contributed by atoms with Gasteiger partial charge in [-0.25, -0.2) is 0 Å². The summed E-state index contributed by atoms with van der Waals surface area (Å²) in [6, 6.07) is 0.651. The smallest absolute Gasteiger partial charge is 0.309 e. The van der Waals surface area contributed by atoms with E-state index in [-0.39, 0.29) is 11.9 Å². The summed E-state index contributed by atoms with van der Waals surface area (Å²) in [5.74, 6) is 0.726. The van der Waals surface area contributed by atoms with E-state index in [1.165, 1.54) is 12.8 Å². The third-order valence-electron chi connectivity index (χ3n) is 3.90. The van der Waals surface area contributed by atoms with E-state index in [0.717, 1.165) is 32.1 Å². The Bertz CT molecular complexity index is 256. The van der Waals surface area contributed by atoms with E-state index >= 15 is 0 Å². The van der Waals surface area contributed by atoms with Crippen molar-refractivity contribution in [2.45, 2.75) is 32.7 Å². The first-order valence-corrected chi connectivity index (χ1v) is 6.83. The number of piperidine rings is 1. The summed E-state index contributed by atoms with van der Waals surface area (Å²) >= 11 is 0. The number of ether oxygens (including phenoxy) is 1. The summed E-state index contributed by atoms with van der Waals surface area (Å²) in [5, 5.41) is 3.58. The van der Waals surface area contributed by atoms with Gasteiger partial charge in [0, 0.05) is 25.7 Å². The Morgan fingerprint density at radius 1 is 1.53 bits per heavy atom. The van der Waals surface area contributed by atoms with Gasteiger partial charge in [-0.3, -0.25) is 4.79 Å². The van der Waals surface area contributed by atoms with Gasteiger partial charge in [0.2, 0.25) is 0 Å². The van der Waals surface area contributed by atoms with Crippen LogP contribution in [-0.4, -0.2) is 49.7 Å². The van der Waals surface area contributed by atoms with Crippen molar-refractivity contribution in [3.63, 3.8) is 0 Å². The van der Waals surface area contributed by atoms with Crippen molar-refractivity contribution in [3.8, 4) is 0 Å². The summed E-state index contributed by atoms with van der Waals surface area (Å²) in [6.07, 6.45) is 2.63. The summed E-state index contributed by atoms with van der Waals surface area (Å²) in [7, 11) is 0. The lowest BCUT2D eigenvalue weighted by Crippen LogP contribution is -2.41. The average molecular weight is 240 g/mol. The molecule has 2 fully saturated rings. The zero-order chi connectivity index (χ0) is 12.3. The Balaban J connectivity index is 1.78. The zero-order valence-corrected chi connectivity index (χ0v) is 10.9. The van der Waals surface area contributed by atoms with E-state index in [9.17, 15) is 4.79 Å². The molecule has 0 amide bonds. The van der Waals surface area contributed by atoms with E-state index < -0.39 is 0 Å². The zero-order valence-electron chi connectivity index (χ0n) is 10.9. The van der Waals surface area contributed by atoms with Gasteiger partial charge in [-0.15, -0.1) is 0 Å². The van der Waals surface area contributed by atoms with Gasteiger partial charge in [-0.2, -0.15) is 0 Å². The first-order valence-electron chi connectivity index (χ1n) is 6.83. The van der Waals surface area contributed by atoms with E-state index in [4.69, 9.17) is 4.74 Å². The Morgan fingerprint density at radius 3 is 3.06 bits per heavy atom. The van der Waals surface area contributed by atoms with Crippen LogP contribution < -0.4 is 5.32 Å². The number of hydrogen-bond donors (Lipinski definition) is 1. The third-order valence-corrected chi connectivity index (χ3v) is 3.90. The molecule has 3 unspecified atom stereocenters. The highest BCUT2D eigenvalue weighted by atomic mass is 16.5. The maximum Gasteiger partial charge on any atom is 0.309 e. The van der Waals surface area contributed by atoms with Gasteiger partial charge in [0.25, 0.3) is 0 Å². The van der Waals surface area contributed by atoms with Gasteiger partial charge >= 0.3 is 5.97 Å². The molecule has 0 radical (unpaired) electrons. The molecule has 4 nitrogen and oxygen atoms in total. The van der Waals surface area contributed by atoms with Crippen molar-refractivity contribution in [3.05, 3.63) is 0 Å². The molecule has 3 atom stereocenters. The topological polar surface area (TPSA) is 41.6 Å². The Labute approximate surface area is 104 Å². The highest BCUT2D eigenvalue weighted by Crippen LogP contribution is 2.25. The quantitative estimate of drug-likeness (QED) is 0.740. The lowest BCUT2D eigenvalue weighted by molar-refractivity contribution is -0.147. The predicted molar refractivity (Wildman–Crippen MR) is 66.8 cm³/mol. The number of hydrogen-bond acceptors (Lipinski definition) is 4. The number of likely N-dealkylation sites (tertiary alicyclic amines) is 1. The van der Waals surface area contributed by atoms with E-state index in [2.05, 4.69) is 10.2 Å². The number of carbonyl (C=O) groups excluding carboxylic acids is 1. The Hall–Kier alpha value is -0.610. The molecule has 2 saturated heterocycles. The molecule has 17 heavy (non-hydrogen) atoms. The van der Waals surface area contributed by atoms with E-state index in [1.807, 2.05) is 13.8 Å². The van der Waals surface area contributed by atoms with Crippen LogP contribution in [0.3, 0.4) is 0 Å². The molecule has 0 aromatic rings. The molecule has 0 saturated carbocycles. The molecule has 0 bridgehead atoms. The predicted octanol–water partition coefficient (Wildman–Crippen LogP) is 0.869. The van der Waals surface area contributed by atoms with Gasteiger partial charge in [0.1, 0.15) is 0 Å². The molecule has 0 aromatic heterocycles. The van der Waals surface area contributed by atoms with Gasteiger partial charge in [-0.05, 0) is 32.2 Å². The van der Waals surface area contributed by atoms with Crippen molar-refractivity contribution >= 4 is 5.97 Å². The number of fused-ring (bicyclic) bond motifs is 1. The molecule has 0 spiro atoms. The van der Waals surface area contributed by atoms with E-state index in [0.29, 0.717) is 12.6 Å². The fourth-order valence-electron chi connectivity index (χ4n) is 3.03. The van der Waals surface area contributed by atoms with Gasteiger partial charge in [-0.1, -0.05) is 6.92 Å². The fraction of sp³-hybridized carbons (Fsp3) is 0.923. The molecule has 2 aliphatic rings. The summed E-state index contributed by atoms with van der Waals surface area (Å²) in [6.45, 7) is 8.54. The molecular weight excluding hydrogens is 216 g/mol. The van der Waals surface area contributed by atoms with Crippen LogP contribution in [0.4, 0.5) is 0 Å². The Morgan fingerprint density at radius 2 is 2.35 bits per heavy atom. The van der Waals surface area contributed by atoms with Crippen molar-refractivity contribution in [2.75, 3.05) is 32.8 Å². The fourth-order valence-corrected chi connectivity index (χ4v) is 3.03. The molecule has 98 valence electrons. The standard InChI is InChI=1S/C13H24N2O2/c1-3-17-13(16)10(2)7-15-8-11-5-4-6-14-12(11)9-15/h10-12,14H,3-9H2,1-2H3. The second kappa shape index (κ2) is 5.83. The second-order valence-corrected chi connectivity index (χ2v) is 5.33. The Kier molecular flexibility index (Phi) is 4.40. The number of carbonyl (C=O) groups is 1. The van der Waals surface area contributed by atoms with Crippen molar-refractivity contribution in [1.29, 1.82) is 0 Å². The second-order valence-electron chi connectivity index (χ2n) is 5.33. The average Bonchev–Trinajstić information content (AvgIpc) is 2.71. The van der Waals surface area contributed by atoms with Gasteiger partial charge in [0.05, 0.1) is 12.5 Å². The minimum absolute atomic E-state index is 0.00453. The first kappa shape index (κ1) is 12.8. The summed E-state index contributed by atoms with van der Waals surface area (Å²) < 4.78 is 5.05. The number of nitrogens with zero attached hydrogens (tertiary/aromatic N) is 1. The van der Waals surface area contributed by atoms with Crippen LogP contribution >= 0.6 is 0 Å². The first-order chi connectivity index (χ1) is 8.20. The normalized spacial score (nSPS) is 30.9. The van der Waals surface area contributed by atoms with Crippen molar-refractivity contribution in [1.82, 2.24) is 10.2 Å². The molecule has 0 aromatic carbocycles. The van der Waals surface area contributed by atoms with E-state index in [1.54, 1.807) is 0 Å². The molecule has 2 aliphatic heterocycles. The lowest BCUT2D eigenvalue weighted by Gasteiger charge is -2.24. The van der Waals surface area contributed by atoms with Crippen molar-refractivity contribution < 1.29 is 9.53 Å². The SMILES string of the molecule is CCOC(=O)C(C)CN1CC2CCCNC2C1. The molecule has 4 heteroatoms. The minimum Gasteiger partial charge on any atom is -0.466 e. The third kappa shape index (κ3) is 3.19. The van der Waals surface area contributed by atoms with Crippen molar-refractivity contribution in [2.24, 2.45) is 11.8 Å². The van der Waals surface area contributed by atoms with Crippen LogP contribution in [0.5, 0.6) is 0 Å². The van der Waals surface area contributed by atoms with Crippen LogP contribution in [0.1, 0.15) is 26.7 Å². The van der Waals surface area contributed by atoms with Crippen LogP contribution in [0.25, 0.3) is 0 Å². The molecule has 2 rings (SSSR count). The summed E-state index contributed by atoms with van der Waals surface area (Å²) in [4.78, 5) is 14.0. The highest BCUT2D eigenvalue weighted by Gasteiger charge is 2.35. The maximum absolute atomic E-state index is 11.6. The van der Waals surface area contributed by atoms with Crippen LogP contribution in [0, 0.1) is 11.8 Å². The van der Waals surface area contributed by atoms with Crippen LogP contribution in [0.2, 0.25) is 0 Å². The lowest BCUT2D eigenvalue weighted by atomic mass is 9.94. The van der Waals surface area contributed by atoms with Crippen LogP contribution in [0.15, 0.2) is 0 Å². The van der Waals surface area contributed by atoms with Gasteiger partial charge < -0.3 is 15.0 Å². The molecule has 1 N–H and O–H groups in total. The number of esters is 1. The number of rotatable bonds is 4. The summed E-state index contributed by atoms with van der Waals surface area (Å²) in [5.41, 5.74) is 0. The minimum atomic E-state index is -0.0599. The number of nitrogens with one attached hydrogen (secondary N) is 1. The monoisotopic (exact) mass is 240 g/mol. The van der Waals surface area contributed by atoms with Gasteiger partial charge in [0.15, 0.2) is 0 Å². The maximum atomic E-state index is 11.6. The largest absolute Gasteiger partial charge is 0.466 e. The molecular formula is C13H24N2O2.